The zero-order valence-electron chi connectivity index (χ0n) is 10.9. The second-order valence-corrected chi connectivity index (χ2v) is 4.02. The molecule has 0 aromatic rings. The summed E-state index contributed by atoms with van der Waals surface area (Å²) in [5.41, 5.74) is 5.52. The van der Waals surface area contributed by atoms with Crippen molar-refractivity contribution in [3.8, 4) is 6.07 Å². The molecule has 1 saturated heterocycles. The Morgan fingerprint density at radius 2 is 1.88 bits per heavy atom. The molecule has 1 fully saturated rings. The van der Waals surface area contributed by atoms with E-state index in [1.165, 1.54) is 0 Å². The van der Waals surface area contributed by atoms with Gasteiger partial charge in [-0.2, -0.15) is 5.26 Å². The molecule has 96 valence electrons. The maximum atomic E-state index is 8.51. The van der Waals surface area contributed by atoms with E-state index in [1.54, 1.807) is 0 Å². The van der Waals surface area contributed by atoms with Crippen molar-refractivity contribution in [2.45, 2.75) is 32.7 Å². The lowest BCUT2D eigenvalue weighted by atomic mass is 10.2. The number of piperazine rings is 1. The van der Waals surface area contributed by atoms with E-state index in [0.29, 0.717) is 0 Å². The zero-order chi connectivity index (χ0) is 12.4. The fourth-order valence-corrected chi connectivity index (χ4v) is 1.67. The fraction of sp³-hybridized carbons (Fsp3) is 0.917. The lowest BCUT2D eigenvalue weighted by Crippen LogP contribution is -2.44. The van der Waals surface area contributed by atoms with Crippen LogP contribution in [0.4, 0.5) is 0 Å². The molecule has 0 spiro atoms. The van der Waals surface area contributed by atoms with E-state index in [0.717, 1.165) is 45.6 Å². The van der Waals surface area contributed by atoms with Crippen molar-refractivity contribution >= 4 is 0 Å². The Balaban J connectivity index is 0. The highest BCUT2D eigenvalue weighted by Gasteiger charge is 2.13. The average molecular weight is 228 g/mol. The van der Waals surface area contributed by atoms with Gasteiger partial charge in [-0.15, -0.1) is 0 Å². The van der Waals surface area contributed by atoms with Crippen LogP contribution in [0.1, 0.15) is 28.1 Å². The number of nitrogens with zero attached hydrogens (tertiary/aromatic N) is 3. The topological polar surface area (TPSA) is 56.3 Å². The molecule has 0 bridgehead atoms. The molecule has 1 aliphatic rings. The van der Waals surface area contributed by atoms with Gasteiger partial charge in [-0.05, 0) is 26.4 Å². The van der Waals surface area contributed by atoms with Gasteiger partial charge in [-0.1, -0.05) is 13.8 Å². The lowest BCUT2D eigenvalue weighted by Gasteiger charge is -2.32. The molecule has 1 atom stereocenters. The molecule has 0 radical (unpaired) electrons. The number of nitrogens with two attached hydrogens (primary N) is 1. The molecular formula is C12H28N4. The highest BCUT2D eigenvalue weighted by Crippen LogP contribution is 2.02. The first-order chi connectivity index (χ1) is 7.72. The Bertz CT molecular complexity index is 197. The minimum absolute atomic E-state index is 0. The first-order valence-electron chi connectivity index (χ1n) is 6.28. The quantitative estimate of drug-likeness (QED) is 0.784. The molecular weight excluding hydrogens is 200 g/mol. The van der Waals surface area contributed by atoms with Crippen LogP contribution in [-0.2, 0) is 0 Å². The van der Waals surface area contributed by atoms with Crippen molar-refractivity contribution in [1.29, 1.82) is 5.26 Å². The molecule has 0 amide bonds. The van der Waals surface area contributed by atoms with Crippen LogP contribution in [0.5, 0.6) is 0 Å². The van der Waals surface area contributed by atoms with Crippen LogP contribution < -0.4 is 5.73 Å². The van der Waals surface area contributed by atoms with Gasteiger partial charge in [-0.25, -0.2) is 0 Å². The molecule has 0 aromatic carbocycles. The van der Waals surface area contributed by atoms with Gasteiger partial charge < -0.3 is 15.5 Å². The van der Waals surface area contributed by atoms with Crippen LogP contribution in [0.15, 0.2) is 0 Å². The van der Waals surface area contributed by atoms with Crippen LogP contribution >= 0.6 is 0 Å². The third-order valence-electron chi connectivity index (χ3n) is 2.75. The molecule has 4 heteroatoms. The Morgan fingerprint density at radius 1 is 1.31 bits per heavy atom. The summed E-state index contributed by atoms with van der Waals surface area (Å²) in [4.78, 5) is 4.79. The number of hydrogen-bond donors (Lipinski definition) is 1. The highest BCUT2D eigenvalue weighted by atomic mass is 15.2. The monoisotopic (exact) mass is 228 g/mol. The summed E-state index contributed by atoms with van der Waals surface area (Å²) in [7, 11) is 2.16. The molecule has 1 aliphatic heterocycles. The number of rotatable bonds is 4. The molecule has 1 heterocycles. The van der Waals surface area contributed by atoms with Gasteiger partial charge in [0.05, 0.1) is 12.1 Å². The molecule has 4 nitrogen and oxygen atoms in total. The van der Waals surface area contributed by atoms with Crippen LogP contribution in [0, 0.1) is 11.3 Å². The Kier molecular flexibility index (Phi) is 9.21. The molecule has 0 saturated carbocycles. The van der Waals surface area contributed by atoms with E-state index in [2.05, 4.69) is 22.9 Å². The van der Waals surface area contributed by atoms with Gasteiger partial charge in [0.1, 0.15) is 0 Å². The van der Waals surface area contributed by atoms with Crippen molar-refractivity contribution in [2.24, 2.45) is 5.73 Å². The number of hydrogen-bond acceptors (Lipinski definition) is 4. The van der Waals surface area contributed by atoms with Gasteiger partial charge >= 0.3 is 0 Å². The van der Waals surface area contributed by atoms with Crippen LogP contribution in [0.25, 0.3) is 0 Å². The summed E-state index contributed by atoms with van der Waals surface area (Å²) in [5, 5.41) is 8.51. The van der Waals surface area contributed by atoms with Gasteiger partial charge in [0.15, 0.2) is 0 Å². The first kappa shape index (κ1) is 15.4. The summed E-state index contributed by atoms with van der Waals surface area (Å²) in [5.74, 6) is 0. The molecule has 0 aromatic heterocycles. The Labute approximate surface area is 101 Å². The van der Waals surface area contributed by atoms with Gasteiger partial charge in [-0.3, -0.25) is 0 Å². The van der Waals surface area contributed by atoms with E-state index in [-0.39, 0.29) is 7.47 Å². The van der Waals surface area contributed by atoms with Crippen molar-refractivity contribution in [1.82, 2.24) is 9.80 Å². The van der Waals surface area contributed by atoms with Crippen LogP contribution in [-0.4, -0.2) is 55.6 Å². The summed E-state index contributed by atoms with van der Waals surface area (Å²) in [6.45, 7) is 9.70. The second-order valence-electron chi connectivity index (χ2n) is 4.02. The smallest absolute Gasteiger partial charge is 0.0928 e. The molecule has 0 aliphatic carbocycles. The van der Waals surface area contributed by atoms with Crippen LogP contribution in [0.2, 0.25) is 0 Å². The largest absolute Gasteiger partial charge is 0.316 e. The Hall–Kier alpha value is -0.630. The summed E-state index contributed by atoms with van der Waals surface area (Å²) >= 11 is 0. The number of likely N-dealkylation sites (N-methyl/N-ethyl adjacent to an activating group) is 1. The van der Waals surface area contributed by atoms with Gasteiger partial charge in [0.25, 0.3) is 0 Å². The molecule has 16 heavy (non-hydrogen) atoms. The van der Waals surface area contributed by atoms with E-state index >= 15 is 0 Å². The summed E-state index contributed by atoms with van der Waals surface area (Å²) < 4.78 is 0. The van der Waals surface area contributed by atoms with Crippen molar-refractivity contribution < 1.29 is 1.43 Å². The minimum atomic E-state index is -0.275. The van der Waals surface area contributed by atoms with Gasteiger partial charge in [0, 0.05) is 27.6 Å². The van der Waals surface area contributed by atoms with E-state index in [1.807, 2.05) is 13.8 Å². The fourth-order valence-electron chi connectivity index (χ4n) is 1.67. The highest BCUT2D eigenvalue weighted by molar-refractivity contribution is 4.86. The first-order valence-corrected chi connectivity index (χ1v) is 6.28. The van der Waals surface area contributed by atoms with Crippen molar-refractivity contribution in [2.75, 3.05) is 39.8 Å². The zero-order valence-corrected chi connectivity index (χ0v) is 10.9. The normalized spacial score (nSPS) is 19.4. The van der Waals surface area contributed by atoms with E-state index in [9.17, 15) is 0 Å². The second kappa shape index (κ2) is 9.59. The average Bonchev–Trinajstić information content (AvgIpc) is 2.34. The molecule has 2 N–H and O–H groups in total. The minimum Gasteiger partial charge on any atom is -0.316 e. The third-order valence-corrected chi connectivity index (χ3v) is 2.75. The van der Waals surface area contributed by atoms with E-state index in [4.69, 9.17) is 11.0 Å². The predicted octanol–water partition coefficient (Wildman–Crippen LogP) is 1.14. The predicted molar refractivity (Wildman–Crippen MR) is 70.2 cm³/mol. The molecule has 1 unspecified atom stereocenters. The van der Waals surface area contributed by atoms with Crippen molar-refractivity contribution in [3.63, 3.8) is 0 Å². The SMILES string of the molecule is CC.CN1CCN(CCCC(N)C#N)CC1.[HH]. The van der Waals surface area contributed by atoms with E-state index < -0.39 is 0 Å². The maximum Gasteiger partial charge on any atom is 0.0928 e. The summed E-state index contributed by atoms with van der Waals surface area (Å²) in [6, 6.07) is 1.79. The van der Waals surface area contributed by atoms with Crippen molar-refractivity contribution in [3.05, 3.63) is 0 Å². The number of nitriles is 1. The molecule has 1 rings (SSSR count). The lowest BCUT2D eigenvalue weighted by molar-refractivity contribution is 0.152. The van der Waals surface area contributed by atoms with Crippen LogP contribution in [0.3, 0.4) is 0 Å². The standard InChI is InChI=1S/C10H20N4.C2H6.H2/c1-13-5-7-14(8-6-13)4-2-3-10(12)9-11;1-2;/h10H,2-8,12H2,1H3;1-2H3;1H. The Morgan fingerprint density at radius 3 is 2.38 bits per heavy atom. The summed E-state index contributed by atoms with van der Waals surface area (Å²) in [6.07, 6.45) is 1.86. The van der Waals surface area contributed by atoms with Gasteiger partial charge in [0.2, 0.25) is 0 Å². The maximum absolute atomic E-state index is 8.51. The third kappa shape index (κ3) is 6.78.